The second-order valence-electron chi connectivity index (χ2n) is 5.63. The third kappa shape index (κ3) is 3.48. The van der Waals surface area contributed by atoms with Gasteiger partial charge < -0.3 is 9.47 Å². The third-order valence-corrected chi connectivity index (χ3v) is 4.38. The summed E-state index contributed by atoms with van der Waals surface area (Å²) in [6, 6.07) is 10.2. The Kier molecular flexibility index (Phi) is 4.36. The zero-order valence-electron chi connectivity index (χ0n) is 11.5. The summed E-state index contributed by atoms with van der Waals surface area (Å²) in [6.45, 7) is 6.10. The van der Waals surface area contributed by atoms with Crippen LogP contribution in [-0.4, -0.2) is 44.4 Å². The Labute approximate surface area is 115 Å². The number of para-hydroxylation sites is 1. The minimum Gasteiger partial charge on any atom is -0.493 e. The van der Waals surface area contributed by atoms with Crippen molar-refractivity contribution in [3.8, 4) is 5.75 Å². The molecule has 1 aromatic rings. The van der Waals surface area contributed by atoms with E-state index in [1.165, 1.54) is 19.4 Å². The molecule has 0 bridgehead atoms. The highest BCUT2D eigenvalue weighted by Crippen LogP contribution is 2.35. The van der Waals surface area contributed by atoms with Crippen molar-refractivity contribution in [2.75, 3.05) is 39.5 Å². The van der Waals surface area contributed by atoms with Gasteiger partial charge in [0.2, 0.25) is 0 Å². The van der Waals surface area contributed by atoms with E-state index >= 15 is 0 Å². The van der Waals surface area contributed by atoms with Gasteiger partial charge in [0.05, 0.1) is 19.8 Å². The molecule has 3 heteroatoms. The lowest BCUT2D eigenvalue weighted by atomic mass is 9.74. The van der Waals surface area contributed by atoms with Gasteiger partial charge in [-0.2, -0.15) is 0 Å². The molecular weight excluding hydrogens is 238 g/mol. The van der Waals surface area contributed by atoms with Gasteiger partial charge >= 0.3 is 0 Å². The Morgan fingerprint density at radius 1 is 1.05 bits per heavy atom. The van der Waals surface area contributed by atoms with Crippen LogP contribution in [0.5, 0.6) is 5.75 Å². The number of hydrogen-bond donors (Lipinski definition) is 0. The van der Waals surface area contributed by atoms with Gasteiger partial charge in [-0.25, -0.2) is 0 Å². The van der Waals surface area contributed by atoms with Gasteiger partial charge in [0, 0.05) is 19.6 Å². The SMILES string of the molecule is c1ccc(OC[C@@H]2CCC2CN2CCOCC2)cc1. The molecule has 1 aliphatic carbocycles. The molecule has 1 saturated heterocycles. The molecule has 2 aliphatic rings. The Balaban J connectivity index is 1.42. The molecule has 3 rings (SSSR count). The molecule has 1 heterocycles. The number of hydrogen-bond acceptors (Lipinski definition) is 3. The molecule has 1 aromatic carbocycles. The average molecular weight is 261 g/mol. The van der Waals surface area contributed by atoms with Crippen LogP contribution in [0.1, 0.15) is 12.8 Å². The topological polar surface area (TPSA) is 21.7 Å². The summed E-state index contributed by atoms with van der Waals surface area (Å²) in [7, 11) is 0. The molecule has 2 atom stereocenters. The summed E-state index contributed by atoms with van der Waals surface area (Å²) < 4.78 is 11.3. The van der Waals surface area contributed by atoms with Crippen molar-refractivity contribution in [3.63, 3.8) is 0 Å². The lowest BCUT2D eigenvalue weighted by molar-refractivity contribution is 0.00483. The van der Waals surface area contributed by atoms with Crippen molar-refractivity contribution in [1.29, 1.82) is 0 Å². The van der Waals surface area contributed by atoms with Crippen LogP contribution in [0.4, 0.5) is 0 Å². The molecule has 0 aromatic heterocycles. The van der Waals surface area contributed by atoms with Gasteiger partial charge in [0.25, 0.3) is 0 Å². The molecule has 1 aliphatic heterocycles. The third-order valence-electron chi connectivity index (χ3n) is 4.38. The number of morpholine rings is 1. The van der Waals surface area contributed by atoms with E-state index in [9.17, 15) is 0 Å². The minimum absolute atomic E-state index is 0.739. The Morgan fingerprint density at radius 3 is 2.47 bits per heavy atom. The normalized spacial score (nSPS) is 27.8. The summed E-state index contributed by atoms with van der Waals surface area (Å²) in [6.07, 6.45) is 2.68. The second-order valence-corrected chi connectivity index (χ2v) is 5.63. The van der Waals surface area contributed by atoms with Crippen molar-refractivity contribution >= 4 is 0 Å². The fraction of sp³-hybridized carbons (Fsp3) is 0.625. The van der Waals surface area contributed by atoms with E-state index < -0.39 is 0 Å². The van der Waals surface area contributed by atoms with Crippen molar-refractivity contribution in [2.45, 2.75) is 12.8 Å². The van der Waals surface area contributed by atoms with Gasteiger partial charge in [-0.3, -0.25) is 4.90 Å². The maximum atomic E-state index is 5.89. The van der Waals surface area contributed by atoms with Crippen LogP contribution in [0.3, 0.4) is 0 Å². The highest BCUT2D eigenvalue weighted by Gasteiger charge is 2.32. The first kappa shape index (κ1) is 12.9. The Bertz CT molecular complexity index is 376. The van der Waals surface area contributed by atoms with E-state index in [1.807, 2.05) is 30.3 Å². The van der Waals surface area contributed by atoms with Gasteiger partial charge in [-0.15, -0.1) is 0 Å². The average Bonchev–Trinajstić information content (AvgIpc) is 2.46. The molecule has 0 N–H and O–H groups in total. The van der Waals surface area contributed by atoms with Crippen molar-refractivity contribution in [2.24, 2.45) is 11.8 Å². The molecule has 19 heavy (non-hydrogen) atoms. The first-order valence-corrected chi connectivity index (χ1v) is 7.40. The maximum Gasteiger partial charge on any atom is 0.119 e. The maximum absolute atomic E-state index is 5.89. The largest absolute Gasteiger partial charge is 0.493 e. The van der Waals surface area contributed by atoms with Crippen LogP contribution >= 0.6 is 0 Å². The van der Waals surface area contributed by atoms with E-state index in [2.05, 4.69) is 4.90 Å². The van der Waals surface area contributed by atoms with E-state index in [1.54, 1.807) is 0 Å². The fourth-order valence-corrected chi connectivity index (χ4v) is 2.93. The van der Waals surface area contributed by atoms with E-state index in [4.69, 9.17) is 9.47 Å². The standard InChI is InChI=1S/C16H23NO2/c1-2-4-16(5-3-1)19-13-15-7-6-14(15)12-17-8-10-18-11-9-17/h1-5,14-15H,6-13H2/t14?,15-/m0/s1. The second kappa shape index (κ2) is 6.40. The molecule has 0 spiro atoms. The summed E-state index contributed by atoms with van der Waals surface area (Å²) in [4.78, 5) is 2.54. The van der Waals surface area contributed by atoms with Gasteiger partial charge in [0.1, 0.15) is 5.75 Å². The van der Waals surface area contributed by atoms with Crippen LogP contribution in [0.25, 0.3) is 0 Å². The molecule has 2 fully saturated rings. The molecule has 3 nitrogen and oxygen atoms in total. The van der Waals surface area contributed by atoms with E-state index in [0.717, 1.165) is 50.5 Å². The molecule has 1 saturated carbocycles. The van der Waals surface area contributed by atoms with E-state index in [0.29, 0.717) is 0 Å². The van der Waals surface area contributed by atoms with Gasteiger partial charge in [0.15, 0.2) is 0 Å². The summed E-state index contributed by atoms with van der Waals surface area (Å²) in [5.74, 6) is 2.56. The van der Waals surface area contributed by atoms with Gasteiger partial charge in [-0.05, 0) is 36.8 Å². The molecule has 0 radical (unpaired) electrons. The quantitative estimate of drug-likeness (QED) is 0.812. The lowest BCUT2D eigenvalue weighted by Crippen LogP contribution is -2.44. The Morgan fingerprint density at radius 2 is 1.79 bits per heavy atom. The number of benzene rings is 1. The molecular formula is C16H23NO2. The first-order valence-electron chi connectivity index (χ1n) is 7.40. The fourth-order valence-electron chi connectivity index (χ4n) is 2.93. The monoisotopic (exact) mass is 261 g/mol. The van der Waals surface area contributed by atoms with Crippen LogP contribution in [0.15, 0.2) is 30.3 Å². The molecule has 0 amide bonds. The highest BCUT2D eigenvalue weighted by molar-refractivity contribution is 5.20. The first-order chi connectivity index (χ1) is 9.42. The Hall–Kier alpha value is -1.06. The summed E-state index contributed by atoms with van der Waals surface area (Å²) >= 11 is 0. The van der Waals surface area contributed by atoms with Crippen molar-refractivity contribution in [3.05, 3.63) is 30.3 Å². The van der Waals surface area contributed by atoms with E-state index in [-0.39, 0.29) is 0 Å². The predicted octanol–water partition coefficient (Wildman–Crippen LogP) is 2.42. The minimum atomic E-state index is 0.739. The number of nitrogens with zero attached hydrogens (tertiary/aromatic N) is 1. The summed E-state index contributed by atoms with van der Waals surface area (Å²) in [5.41, 5.74) is 0. The number of ether oxygens (including phenoxy) is 2. The van der Waals surface area contributed by atoms with Crippen LogP contribution < -0.4 is 4.74 Å². The molecule has 1 unspecified atom stereocenters. The predicted molar refractivity (Wildman–Crippen MR) is 75.4 cm³/mol. The van der Waals surface area contributed by atoms with Crippen LogP contribution in [0.2, 0.25) is 0 Å². The molecule has 104 valence electrons. The van der Waals surface area contributed by atoms with Gasteiger partial charge in [-0.1, -0.05) is 18.2 Å². The number of rotatable bonds is 5. The zero-order valence-corrected chi connectivity index (χ0v) is 11.5. The van der Waals surface area contributed by atoms with Crippen molar-refractivity contribution in [1.82, 2.24) is 4.90 Å². The van der Waals surface area contributed by atoms with Crippen molar-refractivity contribution < 1.29 is 9.47 Å². The lowest BCUT2D eigenvalue weighted by Gasteiger charge is -2.40. The highest BCUT2D eigenvalue weighted by atomic mass is 16.5. The zero-order chi connectivity index (χ0) is 12.9. The smallest absolute Gasteiger partial charge is 0.119 e. The van der Waals surface area contributed by atoms with Crippen LogP contribution in [0, 0.1) is 11.8 Å². The van der Waals surface area contributed by atoms with Crippen LogP contribution in [-0.2, 0) is 4.74 Å². The summed E-state index contributed by atoms with van der Waals surface area (Å²) in [5, 5.41) is 0.